The number of hydrogen-bond acceptors (Lipinski definition) is 5. The van der Waals surface area contributed by atoms with E-state index < -0.39 is 0 Å². The Labute approximate surface area is 187 Å². The van der Waals surface area contributed by atoms with Gasteiger partial charge in [0.05, 0.1) is 17.6 Å². The molecule has 3 heterocycles. The highest BCUT2D eigenvalue weighted by Gasteiger charge is 2.22. The van der Waals surface area contributed by atoms with Crippen molar-refractivity contribution in [2.45, 2.75) is 18.0 Å². The fraction of sp³-hybridized carbons (Fsp3) is 0.182. The van der Waals surface area contributed by atoms with E-state index in [1.807, 2.05) is 35.2 Å². The van der Waals surface area contributed by atoms with Gasteiger partial charge in [0.2, 0.25) is 5.91 Å². The first kappa shape index (κ1) is 19.8. The van der Waals surface area contributed by atoms with Crippen LogP contribution in [0.1, 0.15) is 12.0 Å². The largest absolute Gasteiger partial charge is 0.311 e. The van der Waals surface area contributed by atoms with E-state index in [4.69, 9.17) is 11.6 Å². The van der Waals surface area contributed by atoms with Crippen molar-refractivity contribution in [2.24, 2.45) is 0 Å². The Morgan fingerprint density at radius 2 is 2.06 bits per heavy atom. The van der Waals surface area contributed by atoms with E-state index in [-0.39, 0.29) is 17.2 Å². The molecule has 31 heavy (non-hydrogen) atoms. The van der Waals surface area contributed by atoms with Crippen LogP contribution in [0.3, 0.4) is 0 Å². The number of nitrogens with zero attached hydrogens (tertiary/aromatic N) is 4. The van der Waals surface area contributed by atoms with E-state index >= 15 is 0 Å². The van der Waals surface area contributed by atoms with Crippen molar-refractivity contribution in [3.63, 3.8) is 0 Å². The summed E-state index contributed by atoms with van der Waals surface area (Å²) < 4.78 is 1.57. The van der Waals surface area contributed by atoms with Crippen molar-refractivity contribution < 1.29 is 4.79 Å². The van der Waals surface area contributed by atoms with Crippen LogP contribution in [-0.2, 0) is 11.2 Å². The number of amides is 1. The van der Waals surface area contributed by atoms with Gasteiger partial charge in [0.25, 0.3) is 5.56 Å². The second kappa shape index (κ2) is 8.20. The van der Waals surface area contributed by atoms with Gasteiger partial charge in [-0.3, -0.25) is 9.59 Å². The number of aromatic amines is 1. The van der Waals surface area contributed by atoms with Crippen molar-refractivity contribution in [3.05, 3.63) is 75.7 Å². The number of thioether (sulfide) groups is 1. The monoisotopic (exact) mass is 451 g/mol. The Hall–Kier alpha value is -3.10. The zero-order valence-corrected chi connectivity index (χ0v) is 18.0. The number of benzene rings is 2. The SMILES string of the molecule is O=C(CSc1nc2c(cnn2-c2cccc(Cl)c2)c(=O)[nH]1)N1CCCc2ccccc21. The third-order valence-electron chi connectivity index (χ3n) is 5.21. The molecule has 0 unspecified atom stereocenters. The summed E-state index contributed by atoms with van der Waals surface area (Å²) in [5, 5.41) is 5.61. The predicted octanol–water partition coefficient (Wildman–Crippen LogP) is 3.83. The highest BCUT2D eigenvalue weighted by atomic mass is 35.5. The van der Waals surface area contributed by atoms with Gasteiger partial charge in [-0.2, -0.15) is 5.10 Å². The van der Waals surface area contributed by atoms with Crippen LogP contribution in [0, 0.1) is 0 Å². The number of fused-ring (bicyclic) bond motifs is 2. The maximum Gasteiger partial charge on any atom is 0.262 e. The molecule has 0 aliphatic carbocycles. The zero-order chi connectivity index (χ0) is 21.4. The summed E-state index contributed by atoms with van der Waals surface area (Å²) in [6.45, 7) is 0.695. The predicted molar refractivity (Wildman–Crippen MR) is 122 cm³/mol. The first-order valence-corrected chi connectivity index (χ1v) is 11.2. The summed E-state index contributed by atoms with van der Waals surface area (Å²) in [4.78, 5) is 34.6. The second-order valence-corrected chi connectivity index (χ2v) is 8.61. The normalized spacial score (nSPS) is 13.4. The quantitative estimate of drug-likeness (QED) is 0.376. The third kappa shape index (κ3) is 3.84. The summed E-state index contributed by atoms with van der Waals surface area (Å²) in [5.74, 6) is 0.164. The molecule has 1 aliphatic rings. The fourth-order valence-electron chi connectivity index (χ4n) is 3.76. The maximum atomic E-state index is 12.9. The number of carbonyl (C=O) groups is 1. The van der Waals surface area contributed by atoms with Crippen molar-refractivity contribution in [2.75, 3.05) is 17.2 Å². The molecule has 0 spiro atoms. The molecule has 0 fully saturated rings. The van der Waals surface area contributed by atoms with Crippen molar-refractivity contribution in [1.29, 1.82) is 0 Å². The number of para-hydroxylation sites is 1. The Morgan fingerprint density at radius 3 is 2.94 bits per heavy atom. The van der Waals surface area contributed by atoms with Gasteiger partial charge in [-0.15, -0.1) is 0 Å². The number of hydrogen-bond donors (Lipinski definition) is 1. The molecule has 1 aliphatic heterocycles. The first-order valence-electron chi connectivity index (χ1n) is 9.85. The molecule has 0 atom stereocenters. The number of H-pyrrole nitrogens is 1. The Morgan fingerprint density at radius 1 is 1.19 bits per heavy atom. The maximum absolute atomic E-state index is 12.9. The van der Waals surface area contributed by atoms with E-state index in [2.05, 4.69) is 21.1 Å². The van der Waals surface area contributed by atoms with Gasteiger partial charge in [-0.1, -0.05) is 47.6 Å². The number of halogens is 1. The summed E-state index contributed by atoms with van der Waals surface area (Å²) in [7, 11) is 0. The minimum atomic E-state index is -0.295. The lowest BCUT2D eigenvalue weighted by atomic mass is 10.0. The van der Waals surface area contributed by atoms with Gasteiger partial charge in [-0.25, -0.2) is 9.67 Å². The van der Waals surface area contributed by atoms with Crippen LogP contribution < -0.4 is 10.5 Å². The Bertz CT molecular complexity index is 1350. The molecule has 2 aromatic heterocycles. The number of anilines is 1. The van der Waals surface area contributed by atoms with E-state index in [0.717, 1.165) is 18.5 Å². The van der Waals surface area contributed by atoms with Gasteiger partial charge in [0.1, 0.15) is 5.39 Å². The van der Waals surface area contributed by atoms with E-state index in [1.165, 1.54) is 23.5 Å². The minimum absolute atomic E-state index is 0.0109. The number of aromatic nitrogens is 4. The van der Waals surface area contributed by atoms with Crippen LogP contribution in [0.25, 0.3) is 16.7 Å². The van der Waals surface area contributed by atoms with Crippen molar-refractivity contribution in [1.82, 2.24) is 19.7 Å². The topological polar surface area (TPSA) is 83.9 Å². The molecule has 0 saturated heterocycles. The van der Waals surface area contributed by atoms with Crippen LogP contribution in [0.4, 0.5) is 5.69 Å². The smallest absolute Gasteiger partial charge is 0.262 e. The molecule has 0 bridgehead atoms. The van der Waals surface area contributed by atoms with Gasteiger partial charge in [0, 0.05) is 17.3 Å². The highest BCUT2D eigenvalue weighted by Crippen LogP contribution is 2.28. The van der Waals surface area contributed by atoms with E-state index in [1.54, 1.807) is 16.8 Å². The van der Waals surface area contributed by atoms with Gasteiger partial charge in [-0.05, 0) is 42.7 Å². The molecule has 156 valence electrons. The van der Waals surface area contributed by atoms with Gasteiger partial charge >= 0.3 is 0 Å². The molecular formula is C22H18ClN5O2S. The molecule has 2 aromatic carbocycles. The Balaban J connectivity index is 1.41. The lowest BCUT2D eigenvalue weighted by Gasteiger charge is -2.29. The van der Waals surface area contributed by atoms with E-state index in [9.17, 15) is 9.59 Å². The molecule has 5 rings (SSSR count). The number of nitrogens with one attached hydrogen (secondary N) is 1. The van der Waals surface area contributed by atoms with Crippen molar-refractivity contribution >= 4 is 46.0 Å². The molecule has 9 heteroatoms. The molecule has 7 nitrogen and oxygen atoms in total. The summed E-state index contributed by atoms with van der Waals surface area (Å²) in [6, 6.07) is 15.1. The number of carbonyl (C=O) groups excluding carboxylic acids is 1. The van der Waals surface area contributed by atoms with Gasteiger partial charge in [0.15, 0.2) is 10.8 Å². The lowest BCUT2D eigenvalue weighted by Crippen LogP contribution is -2.36. The van der Waals surface area contributed by atoms with Crippen LogP contribution >= 0.6 is 23.4 Å². The molecular weight excluding hydrogens is 434 g/mol. The third-order valence-corrected chi connectivity index (χ3v) is 6.31. The average Bonchev–Trinajstić information content (AvgIpc) is 3.22. The first-order chi connectivity index (χ1) is 15.1. The second-order valence-electron chi connectivity index (χ2n) is 7.21. The molecule has 0 radical (unpaired) electrons. The average molecular weight is 452 g/mol. The summed E-state index contributed by atoms with van der Waals surface area (Å²) >= 11 is 7.31. The molecule has 1 N–H and O–H groups in total. The standard InChI is InChI=1S/C22H18ClN5O2S/c23-15-7-3-8-16(11-15)28-20-17(12-24-28)21(30)26-22(25-20)31-13-19(29)27-10-4-6-14-5-1-2-9-18(14)27/h1-3,5,7-9,11-12H,4,6,10,13H2,(H,25,26,30). The summed E-state index contributed by atoms with van der Waals surface area (Å²) in [5.41, 5.74) is 2.99. The zero-order valence-electron chi connectivity index (χ0n) is 16.4. The van der Waals surface area contributed by atoms with Crippen molar-refractivity contribution in [3.8, 4) is 5.69 Å². The minimum Gasteiger partial charge on any atom is -0.311 e. The van der Waals surface area contributed by atoms with Crippen LogP contribution in [0.5, 0.6) is 0 Å². The van der Waals surface area contributed by atoms with Gasteiger partial charge < -0.3 is 9.88 Å². The Kier molecular flexibility index (Phi) is 5.25. The molecule has 4 aromatic rings. The molecule has 0 saturated carbocycles. The number of aryl methyl sites for hydroxylation is 1. The van der Waals surface area contributed by atoms with Crippen LogP contribution in [-0.4, -0.2) is 38.0 Å². The number of rotatable bonds is 4. The molecule has 1 amide bonds. The highest BCUT2D eigenvalue weighted by molar-refractivity contribution is 7.99. The summed E-state index contributed by atoms with van der Waals surface area (Å²) in [6.07, 6.45) is 3.39. The fourth-order valence-corrected chi connectivity index (χ4v) is 4.68. The van der Waals surface area contributed by atoms with Crippen LogP contribution in [0.15, 0.2) is 64.7 Å². The van der Waals surface area contributed by atoms with Crippen LogP contribution in [0.2, 0.25) is 5.02 Å². The lowest BCUT2D eigenvalue weighted by molar-refractivity contribution is -0.116. The van der Waals surface area contributed by atoms with E-state index in [0.29, 0.717) is 33.4 Å².